The van der Waals surface area contributed by atoms with Gasteiger partial charge in [0.25, 0.3) is 5.91 Å². The van der Waals surface area contributed by atoms with Crippen molar-refractivity contribution < 1.29 is 9.18 Å². The minimum Gasteiger partial charge on any atom is -0.352 e. The molecule has 1 heterocycles. The lowest BCUT2D eigenvalue weighted by Crippen LogP contribution is -2.29. The molecule has 0 radical (unpaired) electrons. The molecular formula is C13H15FN2O. The Morgan fingerprint density at radius 3 is 3.12 bits per heavy atom. The number of pyridine rings is 1. The highest BCUT2D eigenvalue weighted by Crippen LogP contribution is 2.17. The van der Waals surface area contributed by atoms with E-state index in [2.05, 4.69) is 22.5 Å². The Hall–Kier alpha value is -1.71. The van der Waals surface area contributed by atoms with Gasteiger partial charge >= 0.3 is 0 Å². The summed E-state index contributed by atoms with van der Waals surface area (Å²) in [5, 5.41) is 2.83. The lowest BCUT2D eigenvalue weighted by atomic mass is 9.94. The van der Waals surface area contributed by atoms with Crippen LogP contribution in [0.2, 0.25) is 0 Å². The van der Waals surface area contributed by atoms with Gasteiger partial charge in [-0.15, -0.1) is 0 Å². The van der Waals surface area contributed by atoms with E-state index in [1.165, 1.54) is 12.3 Å². The molecular weight excluding hydrogens is 219 g/mol. The zero-order valence-electron chi connectivity index (χ0n) is 9.53. The Bertz CT molecular complexity index is 431. The second-order valence-corrected chi connectivity index (χ2v) is 4.23. The monoisotopic (exact) mass is 234 g/mol. The van der Waals surface area contributed by atoms with Gasteiger partial charge in [-0.05, 0) is 31.2 Å². The van der Waals surface area contributed by atoms with E-state index < -0.39 is 5.95 Å². The third-order valence-corrected chi connectivity index (χ3v) is 2.92. The van der Waals surface area contributed by atoms with Gasteiger partial charge < -0.3 is 5.32 Å². The molecule has 1 amide bonds. The zero-order valence-corrected chi connectivity index (χ0v) is 9.53. The van der Waals surface area contributed by atoms with Crippen LogP contribution in [0.4, 0.5) is 4.39 Å². The summed E-state index contributed by atoms with van der Waals surface area (Å²) in [5.41, 5.74) is 0.323. The molecule has 0 spiro atoms. The number of nitrogens with one attached hydrogen (secondary N) is 1. The summed E-state index contributed by atoms with van der Waals surface area (Å²) in [5.74, 6) is -0.366. The lowest BCUT2D eigenvalue weighted by Gasteiger charge is -2.18. The van der Waals surface area contributed by atoms with Crippen LogP contribution in [-0.2, 0) is 0 Å². The average Bonchev–Trinajstić information content (AvgIpc) is 2.37. The van der Waals surface area contributed by atoms with E-state index in [-0.39, 0.29) is 5.91 Å². The fourth-order valence-corrected chi connectivity index (χ4v) is 1.92. The smallest absolute Gasteiger partial charge is 0.251 e. The van der Waals surface area contributed by atoms with E-state index >= 15 is 0 Å². The number of allylic oxidation sites excluding steroid dienone is 2. The van der Waals surface area contributed by atoms with Crippen LogP contribution in [0.25, 0.3) is 0 Å². The van der Waals surface area contributed by atoms with E-state index in [0.29, 0.717) is 18.0 Å². The van der Waals surface area contributed by atoms with Crippen molar-refractivity contribution in [3.8, 4) is 0 Å². The van der Waals surface area contributed by atoms with Crippen molar-refractivity contribution in [3.05, 3.63) is 42.0 Å². The number of amides is 1. The molecule has 1 aliphatic carbocycles. The first-order valence-corrected chi connectivity index (χ1v) is 5.80. The fraction of sp³-hybridized carbons (Fsp3) is 0.385. The predicted molar refractivity (Wildman–Crippen MR) is 63.0 cm³/mol. The molecule has 0 aromatic carbocycles. The third kappa shape index (κ3) is 3.37. The van der Waals surface area contributed by atoms with Gasteiger partial charge in [-0.1, -0.05) is 12.2 Å². The molecule has 0 saturated heterocycles. The third-order valence-electron chi connectivity index (χ3n) is 2.92. The number of halogens is 1. The van der Waals surface area contributed by atoms with Crippen LogP contribution in [0.3, 0.4) is 0 Å². The molecule has 3 nitrogen and oxygen atoms in total. The number of carbonyl (C=O) groups is 1. The van der Waals surface area contributed by atoms with Crippen LogP contribution in [0.1, 0.15) is 29.6 Å². The minimum absolute atomic E-state index is 0.235. The number of aromatic nitrogens is 1. The van der Waals surface area contributed by atoms with E-state index in [0.717, 1.165) is 25.3 Å². The molecule has 2 rings (SSSR count). The SMILES string of the molecule is O=C(NCC1CC=CCC1)c1ccnc(F)c1. The van der Waals surface area contributed by atoms with Gasteiger partial charge in [0.15, 0.2) is 0 Å². The lowest BCUT2D eigenvalue weighted by molar-refractivity contribution is 0.0945. The van der Waals surface area contributed by atoms with Crippen molar-refractivity contribution in [1.29, 1.82) is 0 Å². The summed E-state index contributed by atoms with van der Waals surface area (Å²) >= 11 is 0. The second-order valence-electron chi connectivity index (χ2n) is 4.23. The Morgan fingerprint density at radius 2 is 2.41 bits per heavy atom. The van der Waals surface area contributed by atoms with Gasteiger partial charge in [0.1, 0.15) is 0 Å². The largest absolute Gasteiger partial charge is 0.352 e. The number of carbonyl (C=O) groups excluding carboxylic acids is 1. The first kappa shape index (κ1) is 11.8. The summed E-state index contributed by atoms with van der Waals surface area (Å²) in [4.78, 5) is 15.1. The highest BCUT2D eigenvalue weighted by molar-refractivity contribution is 5.93. The summed E-state index contributed by atoms with van der Waals surface area (Å²) in [6, 6.07) is 2.66. The molecule has 4 heteroatoms. The van der Waals surface area contributed by atoms with Crippen LogP contribution in [0, 0.1) is 11.9 Å². The van der Waals surface area contributed by atoms with Crippen LogP contribution in [-0.4, -0.2) is 17.4 Å². The predicted octanol–water partition coefficient (Wildman–Crippen LogP) is 2.31. The Kier molecular flexibility index (Phi) is 3.85. The topological polar surface area (TPSA) is 42.0 Å². The molecule has 1 aliphatic rings. The van der Waals surface area contributed by atoms with Gasteiger partial charge in [0.05, 0.1) is 0 Å². The van der Waals surface area contributed by atoms with E-state index in [1.807, 2.05) is 0 Å². The molecule has 1 aromatic rings. The van der Waals surface area contributed by atoms with Gasteiger partial charge in [0, 0.05) is 24.4 Å². The quantitative estimate of drug-likeness (QED) is 0.644. The summed E-state index contributed by atoms with van der Waals surface area (Å²) in [6.45, 7) is 0.646. The van der Waals surface area contributed by atoms with E-state index in [9.17, 15) is 9.18 Å². The van der Waals surface area contributed by atoms with Crippen molar-refractivity contribution in [3.63, 3.8) is 0 Å². The molecule has 0 fully saturated rings. The first-order chi connectivity index (χ1) is 8.25. The first-order valence-electron chi connectivity index (χ1n) is 5.80. The summed E-state index contributed by atoms with van der Waals surface area (Å²) in [6.07, 6.45) is 8.79. The zero-order chi connectivity index (χ0) is 12.1. The van der Waals surface area contributed by atoms with E-state index in [4.69, 9.17) is 0 Å². The van der Waals surface area contributed by atoms with Crippen molar-refractivity contribution >= 4 is 5.91 Å². The van der Waals surface area contributed by atoms with Gasteiger partial charge in [-0.2, -0.15) is 4.39 Å². The molecule has 0 aliphatic heterocycles. The van der Waals surface area contributed by atoms with E-state index in [1.54, 1.807) is 0 Å². The highest BCUT2D eigenvalue weighted by atomic mass is 19.1. The average molecular weight is 234 g/mol. The molecule has 1 unspecified atom stereocenters. The van der Waals surface area contributed by atoms with Crippen molar-refractivity contribution in [2.24, 2.45) is 5.92 Å². The standard InChI is InChI=1S/C13H15FN2O/c14-12-8-11(6-7-15-12)13(17)16-9-10-4-2-1-3-5-10/h1-2,6-8,10H,3-5,9H2,(H,16,17). The van der Waals surface area contributed by atoms with Crippen LogP contribution < -0.4 is 5.32 Å². The Balaban J connectivity index is 1.87. The maximum atomic E-state index is 12.8. The van der Waals surface area contributed by atoms with Crippen molar-refractivity contribution in [2.75, 3.05) is 6.54 Å². The molecule has 1 N–H and O–H groups in total. The van der Waals surface area contributed by atoms with Crippen LogP contribution in [0.15, 0.2) is 30.5 Å². The maximum absolute atomic E-state index is 12.8. The normalized spacial score (nSPS) is 19.0. The van der Waals surface area contributed by atoms with Gasteiger partial charge in [-0.3, -0.25) is 4.79 Å². The summed E-state index contributed by atoms with van der Waals surface area (Å²) in [7, 11) is 0. The van der Waals surface area contributed by atoms with Crippen molar-refractivity contribution in [1.82, 2.24) is 10.3 Å². The van der Waals surface area contributed by atoms with Gasteiger partial charge in [0.2, 0.25) is 5.95 Å². The molecule has 1 atom stereocenters. The Morgan fingerprint density at radius 1 is 1.53 bits per heavy atom. The van der Waals surface area contributed by atoms with Crippen LogP contribution >= 0.6 is 0 Å². The van der Waals surface area contributed by atoms with Gasteiger partial charge in [-0.25, -0.2) is 4.98 Å². The molecule has 1 aromatic heterocycles. The maximum Gasteiger partial charge on any atom is 0.251 e. The highest BCUT2D eigenvalue weighted by Gasteiger charge is 2.12. The van der Waals surface area contributed by atoms with Crippen LogP contribution in [0.5, 0.6) is 0 Å². The molecule has 17 heavy (non-hydrogen) atoms. The molecule has 90 valence electrons. The number of nitrogens with zero attached hydrogens (tertiary/aromatic N) is 1. The minimum atomic E-state index is -0.627. The Labute approximate surface area is 99.8 Å². The second kappa shape index (κ2) is 5.57. The number of hydrogen-bond acceptors (Lipinski definition) is 2. The molecule has 0 saturated carbocycles. The fourth-order valence-electron chi connectivity index (χ4n) is 1.92. The molecule has 0 bridgehead atoms. The van der Waals surface area contributed by atoms with Crippen molar-refractivity contribution in [2.45, 2.75) is 19.3 Å². The number of hydrogen-bond donors (Lipinski definition) is 1. The number of rotatable bonds is 3. The summed E-state index contributed by atoms with van der Waals surface area (Å²) < 4.78 is 12.8.